The van der Waals surface area contributed by atoms with Gasteiger partial charge in [0.2, 0.25) is 5.91 Å². The highest BCUT2D eigenvalue weighted by atomic mass is 79.9. The van der Waals surface area contributed by atoms with E-state index in [0.717, 1.165) is 12.0 Å². The third kappa shape index (κ3) is 6.03. The van der Waals surface area contributed by atoms with Crippen LogP contribution in [-0.4, -0.2) is 23.6 Å². The summed E-state index contributed by atoms with van der Waals surface area (Å²) in [5.74, 6) is 0.387. The minimum Gasteiger partial charge on any atom is -0.487 e. The van der Waals surface area contributed by atoms with Gasteiger partial charge >= 0.3 is 0 Å². The van der Waals surface area contributed by atoms with Crippen LogP contribution in [0.1, 0.15) is 18.4 Å². The number of nitrogens with zero attached hydrogens (tertiary/aromatic N) is 1. The van der Waals surface area contributed by atoms with E-state index in [1.165, 1.54) is 4.57 Å². The lowest BCUT2D eigenvalue weighted by molar-refractivity contribution is -0.121. The van der Waals surface area contributed by atoms with Gasteiger partial charge in [0.25, 0.3) is 5.56 Å². The molecule has 0 atom stereocenters. The fourth-order valence-electron chi connectivity index (χ4n) is 2.19. The van der Waals surface area contributed by atoms with Gasteiger partial charge in [-0.3, -0.25) is 9.59 Å². The maximum Gasteiger partial charge on any atom is 0.268 e. The molecule has 0 radical (unpaired) electrons. The molecule has 2 rings (SSSR count). The first kappa shape index (κ1) is 19.2. The highest BCUT2D eigenvalue weighted by Gasteiger charge is 2.10. The number of hydrogen-bond donors (Lipinski definition) is 2. The lowest BCUT2D eigenvalue weighted by atomic mass is 10.2. The summed E-state index contributed by atoms with van der Waals surface area (Å²) in [6.07, 6.45) is 2.62. The van der Waals surface area contributed by atoms with Crippen LogP contribution in [0.2, 0.25) is 0 Å². The molecular weight excluding hydrogens is 386 g/mol. The van der Waals surface area contributed by atoms with Crippen molar-refractivity contribution in [2.75, 3.05) is 13.1 Å². The van der Waals surface area contributed by atoms with E-state index in [2.05, 4.69) is 21.2 Å². The van der Waals surface area contributed by atoms with Gasteiger partial charge in [0.1, 0.15) is 16.8 Å². The van der Waals surface area contributed by atoms with Gasteiger partial charge in [-0.1, -0.05) is 30.3 Å². The second-order valence-electron chi connectivity index (χ2n) is 5.51. The molecule has 3 N–H and O–H groups in total. The first-order chi connectivity index (χ1) is 12.1. The van der Waals surface area contributed by atoms with Gasteiger partial charge in [0.05, 0.1) is 0 Å². The first-order valence-electron chi connectivity index (χ1n) is 8.14. The van der Waals surface area contributed by atoms with Crippen LogP contribution in [0.3, 0.4) is 0 Å². The van der Waals surface area contributed by atoms with Gasteiger partial charge in [-0.25, -0.2) is 0 Å². The Balaban J connectivity index is 1.93. The molecule has 1 aromatic carbocycles. The molecule has 1 amide bonds. The number of pyridine rings is 1. The van der Waals surface area contributed by atoms with Gasteiger partial charge in [-0.2, -0.15) is 0 Å². The molecule has 0 bridgehead atoms. The van der Waals surface area contributed by atoms with E-state index in [4.69, 9.17) is 10.5 Å². The molecule has 25 heavy (non-hydrogen) atoms. The normalized spacial score (nSPS) is 10.5. The van der Waals surface area contributed by atoms with Crippen LogP contribution < -0.4 is 21.3 Å². The predicted molar refractivity (Wildman–Crippen MR) is 100 cm³/mol. The number of aromatic nitrogens is 1. The number of benzene rings is 1. The van der Waals surface area contributed by atoms with E-state index in [-0.39, 0.29) is 17.9 Å². The summed E-state index contributed by atoms with van der Waals surface area (Å²) in [5.41, 5.74) is 6.18. The monoisotopic (exact) mass is 407 g/mol. The fourth-order valence-corrected chi connectivity index (χ4v) is 2.67. The Kier molecular flexibility index (Phi) is 7.69. The summed E-state index contributed by atoms with van der Waals surface area (Å²) in [5, 5.41) is 2.77. The molecule has 0 aliphatic rings. The lowest BCUT2D eigenvalue weighted by Gasteiger charge is -2.11. The third-order valence-electron chi connectivity index (χ3n) is 3.59. The largest absolute Gasteiger partial charge is 0.487 e. The van der Waals surface area contributed by atoms with E-state index in [1.54, 1.807) is 12.3 Å². The van der Waals surface area contributed by atoms with Gasteiger partial charge in [0.15, 0.2) is 0 Å². The van der Waals surface area contributed by atoms with Crippen molar-refractivity contribution in [1.29, 1.82) is 0 Å². The Labute approximate surface area is 155 Å². The summed E-state index contributed by atoms with van der Waals surface area (Å²) in [6, 6.07) is 11.4. The highest BCUT2D eigenvalue weighted by Crippen LogP contribution is 2.21. The van der Waals surface area contributed by atoms with Crippen molar-refractivity contribution in [2.45, 2.75) is 26.0 Å². The van der Waals surface area contributed by atoms with Crippen molar-refractivity contribution in [3.05, 3.63) is 63.0 Å². The number of nitrogens with two attached hydrogens (primary N) is 1. The number of aryl methyl sites for hydroxylation is 1. The zero-order valence-corrected chi connectivity index (χ0v) is 15.5. The summed E-state index contributed by atoms with van der Waals surface area (Å²) >= 11 is 3.29. The highest BCUT2D eigenvalue weighted by molar-refractivity contribution is 9.10. The van der Waals surface area contributed by atoms with Crippen molar-refractivity contribution >= 4 is 21.8 Å². The molecule has 7 heteroatoms. The number of halogens is 1. The molecular formula is C18H22BrN3O3. The van der Waals surface area contributed by atoms with Crippen molar-refractivity contribution in [3.8, 4) is 5.75 Å². The average Bonchev–Trinajstić information content (AvgIpc) is 2.63. The fraction of sp³-hybridized carbons (Fsp3) is 0.333. The number of carbonyl (C=O) groups is 1. The number of ether oxygens (including phenoxy) is 1. The SMILES string of the molecule is NCCCNC(=O)CCn1ccc(OCc2ccccc2)c(Br)c1=O. The topological polar surface area (TPSA) is 86.3 Å². The molecule has 0 saturated heterocycles. The number of hydrogen-bond acceptors (Lipinski definition) is 4. The molecule has 0 aliphatic heterocycles. The van der Waals surface area contributed by atoms with Gasteiger partial charge in [-0.05, 0) is 40.5 Å². The Hall–Kier alpha value is -2.12. The van der Waals surface area contributed by atoms with Crippen LogP contribution in [0.15, 0.2) is 51.9 Å². The predicted octanol–water partition coefficient (Wildman–Crippen LogP) is 2.04. The van der Waals surface area contributed by atoms with Crippen LogP contribution in [0.5, 0.6) is 5.75 Å². The second kappa shape index (κ2) is 10.0. The van der Waals surface area contributed by atoms with Gasteiger partial charge in [0, 0.05) is 25.7 Å². The van der Waals surface area contributed by atoms with Crippen molar-refractivity contribution < 1.29 is 9.53 Å². The third-order valence-corrected chi connectivity index (χ3v) is 4.32. The van der Waals surface area contributed by atoms with Gasteiger partial charge < -0.3 is 20.4 Å². The maximum atomic E-state index is 12.4. The molecule has 134 valence electrons. The maximum absolute atomic E-state index is 12.4. The smallest absolute Gasteiger partial charge is 0.268 e. The summed E-state index contributed by atoms with van der Waals surface area (Å²) in [7, 11) is 0. The number of rotatable bonds is 9. The van der Waals surface area contributed by atoms with E-state index >= 15 is 0 Å². The zero-order valence-electron chi connectivity index (χ0n) is 13.9. The van der Waals surface area contributed by atoms with Crippen LogP contribution in [-0.2, 0) is 17.9 Å². The Morgan fingerprint density at radius 3 is 2.72 bits per heavy atom. The van der Waals surface area contributed by atoms with Crippen LogP contribution in [0.4, 0.5) is 0 Å². The molecule has 0 saturated carbocycles. The van der Waals surface area contributed by atoms with Crippen molar-refractivity contribution in [1.82, 2.24) is 9.88 Å². The number of amides is 1. The summed E-state index contributed by atoms with van der Waals surface area (Å²) in [4.78, 5) is 24.1. The van der Waals surface area contributed by atoms with Crippen LogP contribution >= 0.6 is 15.9 Å². The van der Waals surface area contributed by atoms with E-state index in [0.29, 0.717) is 36.5 Å². The Bertz CT molecular complexity index is 747. The molecule has 6 nitrogen and oxygen atoms in total. The molecule has 1 aromatic heterocycles. The summed E-state index contributed by atoms with van der Waals surface area (Å²) < 4.78 is 7.54. The second-order valence-corrected chi connectivity index (χ2v) is 6.30. The molecule has 0 unspecified atom stereocenters. The molecule has 0 aliphatic carbocycles. The van der Waals surface area contributed by atoms with E-state index < -0.39 is 0 Å². The first-order valence-corrected chi connectivity index (χ1v) is 8.93. The van der Waals surface area contributed by atoms with Crippen LogP contribution in [0.25, 0.3) is 0 Å². The number of carbonyl (C=O) groups excluding carboxylic acids is 1. The standard InChI is InChI=1S/C18H22BrN3O3/c19-17-15(25-13-14-5-2-1-3-6-14)7-11-22(18(17)24)12-8-16(23)21-10-4-9-20/h1-3,5-7,11H,4,8-10,12-13,20H2,(H,21,23). The summed E-state index contributed by atoms with van der Waals surface area (Å²) in [6.45, 7) is 1.79. The minimum absolute atomic E-state index is 0.0964. The zero-order chi connectivity index (χ0) is 18.1. The van der Waals surface area contributed by atoms with Gasteiger partial charge in [-0.15, -0.1) is 0 Å². The Morgan fingerprint density at radius 1 is 1.24 bits per heavy atom. The van der Waals surface area contributed by atoms with Crippen molar-refractivity contribution in [2.24, 2.45) is 5.73 Å². The quantitative estimate of drug-likeness (QED) is 0.622. The number of nitrogens with one attached hydrogen (secondary N) is 1. The average molecular weight is 408 g/mol. The molecule has 1 heterocycles. The molecule has 2 aromatic rings. The molecule has 0 fully saturated rings. The van der Waals surface area contributed by atoms with E-state index in [9.17, 15) is 9.59 Å². The minimum atomic E-state index is -0.222. The van der Waals surface area contributed by atoms with Crippen LogP contribution in [0, 0.1) is 0 Å². The molecule has 0 spiro atoms. The van der Waals surface area contributed by atoms with E-state index in [1.807, 2.05) is 30.3 Å². The van der Waals surface area contributed by atoms with Crippen molar-refractivity contribution in [3.63, 3.8) is 0 Å². The Morgan fingerprint density at radius 2 is 2.00 bits per heavy atom. The lowest BCUT2D eigenvalue weighted by Crippen LogP contribution is -2.29.